The van der Waals surface area contributed by atoms with Crippen LogP contribution in [0.25, 0.3) is 0 Å². The first-order valence-corrected chi connectivity index (χ1v) is 9.84. The van der Waals surface area contributed by atoms with Gasteiger partial charge in [0.1, 0.15) is 4.21 Å². The summed E-state index contributed by atoms with van der Waals surface area (Å²) in [6.07, 6.45) is 0. The first-order chi connectivity index (χ1) is 11.8. The molecule has 0 saturated heterocycles. The predicted octanol–water partition coefficient (Wildman–Crippen LogP) is 1.60. The highest BCUT2D eigenvalue weighted by atomic mass is 32.2. The molecule has 0 radical (unpaired) electrons. The summed E-state index contributed by atoms with van der Waals surface area (Å²) >= 11 is 0.823. The number of amides is 1. The standard InChI is InChI=1S/C16H18N2O5S2/c1-2-18(9-12-6-4-3-5-7-12)14(19)10-23-16(20)13-8-15(24-11-13)25(17,21)22/h3-8,11H,2,9-10H2,1H3,(H2,17,21,22). The van der Waals surface area contributed by atoms with E-state index in [1.54, 1.807) is 4.90 Å². The molecular weight excluding hydrogens is 364 g/mol. The zero-order valence-corrected chi connectivity index (χ0v) is 15.2. The number of rotatable bonds is 7. The molecule has 0 bridgehead atoms. The molecule has 0 aliphatic heterocycles. The van der Waals surface area contributed by atoms with Gasteiger partial charge in [0.2, 0.25) is 10.0 Å². The van der Waals surface area contributed by atoms with Crippen LogP contribution >= 0.6 is 11.3 Å². The van der Waals surface area contributed by atoms with E-state index in [0.29, 0.717) is 13.1 Å². The second-order valence-electron chi connectivity index (χ2n) is 5.17. The summed E-state index contributed by atoms with van der Waals surface area (Å²) in [7, 11) is -3.86. The molecule has 1 amide bonds. The van der Waals surface area contributed by atoms with Crippen molar-refractivity contribution in [3.8, 4) is 0 Å². The van der Waals surface area contributed by atoms with Crippen LogP contribution in [0.3, 0.4) is 0 Å². The number of nitrogens with two attached hydrogens (primary N) is 1. The Morgan fingerprint density at radius 3 is 2.48 bits per heavy atom. The first-order valence-electron chi connectivity index (χ1n) is 7.41. The summed E-state index contributed by atoms with van der Waals surface area (Å²) in [6.45, 7) is 2.31. The number of nitrogens with zero attached hydrogens (tertiary/aromatic N) is 1. The van der Waals surface area contributed by atoms with Gasteiger partial charge in [-0.25, -0.2) is 18.4 Å². The Morgan fingerprint density at radius 1 is 1.24 bits per heavy atom. The minimum atomic E-state index is -3.86. The number of sulfonamides is 1. The third-order valence-electron chi connectivity index (χ3n) is 3.37. The summed E-state index contributed by atoms with van der Waals surface area (Å²) in [5.41, 5.74) is 1.02. The third-order valence-corrected chi connectivity index (χ3v) is 5.76. The van der Waals surface area contributed by atoms with Crippen LogP contribution in [0.1, 0.15) is 22.8 Å². The summed E-state index contributed by atoms with van der Waals surface area (Å²) < 4.78 is 27.3. The van der Waals surface area contributed by atoms with Gasteiger partial charge in [0.25, 0.3) is 5.91 Å². The van der Waals surface area contributed by atoms with Crippen LogP contribution in [-0.4, -0.2) is 38.3 Å². The van der Waals surface area contributed by atoms with Crippen molar-refractivity contribution in [2.24, 2.45) is 5.14 Å². The topological polar surface area (TPSA) is 107 Å². The fourth-order valence-electron chi connectivity index (χ4n) is 2.05. The van der Waals surface area contributed by atoms with Gasteiger partial charge in [0.15, 0.2) is 6.61 Å². The Balaban J connectivity index is 1.93. The lowest BCUT2D eigenvalue weighted by Crippen LogP contribution is -2.34. The van der Waals surface area contributed by atoms with Gasteiger partial charge < -0.3 is 9.64 Å². The lowest BCUT2D eigenvalue weighted by Gasteiger charge is -2.20. The molecule has 0 fully saturated rings. The zero-order valence-electron chi connectivity index (χ0n) is 13.5. The van der Waals surface area contributed by atoms with E-state index in [9.17, 15) is 18.0 Å². The van der Waals surface area contributed by atoms with Gasteiger partial charge in [0, 0.05) is 18.5 Å². The quantitative estimate of drug-likeness (QED) is 0.732. The van der Waals surface area contributed by atoms with E-state index >= 15 is 0 Å². The molecule has 2 rings (SSSR count). The summed E-state index contributed by atoms with van der Waals surface area (Å²) in [5.74, 6) is -1.10. The summed E-state index contributed by atoms with van der Waals surface area (Å²) in [6, 6.07) is 10.6. The largest absolute Gasteiger partial charge is 0.452 e. The van der Waals surface area contributed by atoms with E-state index in [1.165, 1.54) is 5.38 Å². The summed E-state index contributed by atoms with van der Waals surface area (Å²) in [5, 5.41) is 6.32. The lowest BCUT2D eigenvalue weighted by atomic mass is 10.2. The van der Waals surface area contributed by atoms with Gasteiger partial charge in [-0.05, 0) is 18.6 Å². The Labute approximate surface area is 150 Å². The monoisotopic (exact) mass is 382 g/mol. The van der Waals surface area contributed by atoms with E-state index in [0.717, 1.165) is 23.0 Å². The second kappa shape index (κ2) is 8.24. The van der Waals surface area contributed by atoms with Crippen LogP contribution < -0.4 is 5.14 Å². The van der Waals surface area contributed by atoms with E-state index < -0.39 is 22.6 Å². The van der Waals surface area contributed by atoms with Crippen LogP contribution in [0.4, 0.5) is 0 Å². The van der Waals surface area contributed by atoms with Gasteiger partial charge in [-0.3, -0.25) is 4.79 Å². The fourth-order valence-corrected chi connectivity index (χ4v) is 3.63. The maximum atomic E-state index is 12.2. The van der Waals surface area contributed by atoms with Crippen molar-refractivity contribution in [3.05, 3.63) is 52.9 Å². The molecule has 134 valence electrons. The van der Waals surface area contributed by atoms with Crippen molar-refractivity contribution in [3.63, 3.8) is 0 Å². The lowest BCUT2D eigenvalue weighted by molar-refractivity contribution is -0.134. The maximum Gasteiger partial charge on any atom is 0.339 e. The number of primary sulfonamides is 1. The average Bonchev–Trinajstić information content (AvgIpc) is 3.08. The number of thiophene rings is 1. The van der Waals surface area contributed by atoms with Crippen molar-refractivity contribution in [1.29, 1.82) is 0 Å². The maximum absolute atomic E-state index is 12.2. The van der Waals surface area contributed by atoms with Gasteiger partial charge in [-0.2, -0.15) is 0 Å². The molecule has 2 aromatic rings. The van der Waals surface area contributed by atoms with Crippen LogP contribution in [0.2, 0.25) is 0 Å². The number of benzene rings is 1. The number of likely N-dealkylation sites (N-methyl/N-ethyl adjacent to an activating group) is 1. The molecule has 0 aliphatic carbocycles. The Kier molecular flexibility index (Phi) is 6.29. The molecule has 2 N–H and O–H groups in total. The number of hydrogen-bond acceptors (Lipinski definition) is 6. The van der Waals surface area contributed by atoms with Gasteiger partial charge in [-0.15, -0.1) is 11.3 Å². The molecule has 0 atom stereocenters. The molecule has 0 saturated carbocycles. The van der Waals surface area contributed by atoms with Crippen LogP contribution in [0.5, 0.6) is 0 Å². The van der Waals surface area contributed by atoms with Crippen molar-refractivity contribution < 1.29 is 22.7 Å². The summed E-state index contributed by atoms with van der Waals surface area (Å²) in [4.78, 5) is 25.7. The number of carbonyl (C=O) groups excluding carboxylic acids is 2. The second-order valence-corrected chi connectivity index (χ2v) is 7.87. The number of hydrogen-bond donors (Lipinski definition) is 1. The van der Waals surface area contributed by atoms with Gasteiger partial charge in [-0.1, -0.05) is 30.3 Å². The molecule has 1 aromatic heterocycles. The van der Waals surface area contributed by atoms with Gasteiger partial charge in [0.05, 0.1) is 5.56 Å². The van der Waals surface area contributed by atoms with Crippen LogP contribution in [0.15, 0.2) is 46.0 Å². The minimum Gasteiger partial charge on any atom is -0.452 e. The normalized spacial score (nSPS) is 11.1. The van der Waals surface area contributed by atoms with E-state index in [1.807, 2.05) is 37.3 Å². The Hall–Kier alpha value is -2.23. The minimum absolute atomic E-state index is 0.0490. The highest BCUT2D eigenvalue weighted by Crippen LogP contribution is 2.19. The fraction of sp³-hybridized carbons (Fsp3) is 0.250. The Morgan fingerprint density at radius 2 is 1.92 bits per heavy atom. The molecule has 0 aliphatic rings. The van der Waals surface area contributed by atoms with Crippen molar-refractivity contribution in [2.45, 2.75) is 17.7 Å². The van der Waals surface area contributed by atoms with E-state index in [-0.39, 0.29) is 15.7 Å². The zero-order chi connectivity index (χ0) is 18.4. The molecule has 0 unspecified atom stereocenters. The first kappa shape index (κ1) is 19.1. The van der Waals surface area contributed by atoms with E-state index in [2.05, 4.69) is 0 Å². The van der Waals surface area contributed by atoms with Crippen molar-refractivity contribution in [2.75, 3.05) is 13.2 Å². The molecule has 7 nitrogen and oxygen atoms in total. The molecular formula is C16H18N2O5S2. The van der Waals surface area contributed by atoms with Crippen molar-refractivity contribution >= 4 is 33.2 Å². The predicted molar refractivity (Wildman–Crippen MR) is 93.5 cm³/mol. The SMILES string of the molecule is CCN(Cc1ccccc1)C(=O)COC(=O)c1csc(S(N)(=O)=O)c1. The molecule has 1 aromatic carbocycles. The Bertz CT molecular complexity index is 846. The molecule has 0 spiro atoms. The molecule has 25 heavy (non-hydrogen) atoms. The van der Waals surface area contributed by atoms with Crippen molar-refractivity contribution in [1.82, 2.24) is 4.90 Å². The van der Waals surface area contributed by atoms with Crippen LogP contribution in [-0.2, 0) is 26.1 Å². The van der Waals surface area contributed by atoms with Crippen LogP contribution in [0, 0.1) is 0 Å². The number of ether oxygens (including phenoxy) is 1. The highest BCUT2D eigenvalue weighted by molar-refractivity contribution is 7.91. The number of carbonyl (C=O) groups is 2. The van der Waals surface area contributed by atoms with E-state index in [4.69, 9.17) is 9.88 Å². The number of esters is 1. The molecule has 9 heteroatoms. The highest BCUT2D eigenvalue weighted by Gasteiger charge is 2.19. The average molecular weight is 382 g/mol. The smallest absolute Gasteiger partial charge is 0.339 e. The molecule has 1 heterocycles. The third kappa shape index (κ3) is 5.38. The van der Waals surface area contributed by atoms with Gasteiger partial charge >= 0.3 is 5.97 Å².